The Morgan fingerprint density at radius 3 is 2.63 bits per heavy atom. The number of unbranched alkanes of at least 4 members (excludes halogenated alkanes) is 3. The smallest absolute Gasteiger partial charge is 0.266 e. The van der Waals surface area contributed by atoms with Crippen molar-refractivity contribution in [3.63, 3.8) is 0 Å². The number of ether oxygens (including phenoxy) is 1. The van der Waals surface area contributed by atoms with Crippen LogP contribution in [0.4, 0.5) is 5.69 Å². The van der Waals surface area contributed by atoms with E-state index in [2.05, 4.69) is 12.2 Å². The molecule has 0 heterocycles. The predicted molar refractivity (Wildman–Crippen MR) is 110 cm³/mol. The quantitative estimate of drug-likeness (QED) is 0.336. The highest BCUT2D eigenvalue weighted by Crippen LogP contribution is 2.18. The van der Waals surface area contributed by atoms with E-state index in [0.717, 1.165) is 17.7 Å². The van der Waals surface area contributed by atoms with Crippen LogP contribution in [0, 0.1) is 11.3 Å². The van der Waals surface area contributed by atoms with Crippen LogP contribution in [0.25, 0.3) is 6.08 Å². The molecule has 27 heavy (non-hydrogen) atoms. The van der Waals surface area contributed by atoms with Crippen LogP contribution in [-0.2, 0) is 4.79 Å². The fraction of sp³-hybridized carbons (Fsp3) is 0.273. The third-order valence-electron chi connectivity index (χ3n) is 3.91. The first-order valence-corrected chi connectivity index (χ1v) is 9.41. The lowest BCUT2D eigenvalue weighted by Crippen LogP contribution is -2.13. The normalized spacial score (nSPS) is 10.9. The largest absolute Gasteiger partial charge is 0.494 e. The predicted octanol–water partition coefficient (Wildman–Crippen LogP) is 5.84. The summed E-state index contributed by atoms with van der Waals surface area (Å²) in [6.45, 7) is 2.87. The number of amides is 1. The van der Waals surface area contributed by atoms with Gasteiger partial charge in [0.2, 0.25) is 0 Å². The second-order valence-corrected chi connectivity index (χ2v) is 6.55. The molecular weight excluding hydrogens is 360 g/mol. The van der Waals surface area contributed by atoms with Gasteiger partial charge in [0.05, 0.1) is 6.61 Å². The Kier molecular flexibility index (Phi) is 8.41. The Hall–Kier alpha value is -2.77. The van der Waals surface area contributed by atoms with E-state index >= 15 is 0 Å². The molecule has 0 aliphatic rings. The number of nitriles is 1. The van der Waals surface area contributed by atoms with Crippen molar-refractivity contribution in [2.45, 2.75) is 32.6 Å². The molecule has 0 saturated carbocycles. The maximum absolute atomic E-state index is 12.3. The lowest BCUT2D eigenvalue weighted by molar-refractivity contribution is -0.112. The molecular formula is C22H23ClN2O2. The summed E-state index contributed by atoms with van der Waals surface area (Å²) in [5, 5.41) is 12.5. The molecule has 0 unspecified atom stereocenters. The Morgan fingerprint density at radius 1 is 1.19 bits per heavy atom. The third-order valence-corrected chi connectivity index (χ3v) is 4.14. The van der Waals surface area contributed by atoms with E-state index < -0.39 is 5.91 Å². The summed E-state index contributed by atoms with van der Waals surface area (Å²) in [5.41, 5.74) is 1.31. The molecule has 0 spiro atoms. The van der Waals surface area contributed by atoms with Crippen molar-refractivity contribution in [2.75, 3.05) is 11.9 Å². The number of carbonyl (C=O) groups excluding carboxylic acids is 1. The number of benzene rings is 2. The zero-order valence-corrected chi connectivity index (χ0v) is 16.1. The number of nitrogens with zero attached hydrogens (tertiary/aromatic N) is 1. The molecule has 0 aliphatic heterocycles. The average Bonchev–Trinajstić information content (AvgIpc) is 2.67. The van der Waals surface area contributed by atoms with Crippen LogP contribution in [-0.4, -0.2) is 12.5 Å². The van der Waals surface area contributed by atoms with Gasteiger partial charge in [-0.25, -0.2) is 0 Å². The second kappa shape index (κ2) is 11.1. The van der Waals surface area contributed by atoms with Gasteiger partial charge in [0.1, 0.15) is 17.4 Å². The fourth-order valence-electron chi connectivity index (χ4n) is 2.46. The Labute approximate surface area is 165 Å². The molecule has 0 fully saturated rings. The topological polar surface area (TPSA) is 62.1 Å². The molecule has 0 atom stereocenters. The molecule has 1 amide bonds. The van der Waals surface area contributed by atoms with E-state index in [1.54, 1.807) is 30.3 Å². The lowest BCUT2D eigenvalue weighted by Gasteiger charge is -2.07. The molecule has 0 aliphatic carbocycles. The molecule has 4 nitrogen and oxygen atoms in total. The van der Waals surface area contributed by atoms with Crippen LogP contribution >= 0.6 is 11.6 Å². The second-order valence-electron chi connectivity index (χ2n) is 6.11. The van der Waals surface area contributed by atoms with Crippen molar-refractivity contribution < 1.29 is 9.53 Å². The number of carbonyl (C=O) groups is 1. The summed E-state index contributed by atoms with van der Waals surface area (Å²) in [6.07, 6.45) is 6.18. The standard InChI is InChI=1S/C22H23ClN2O2/c1-2-3-4-5-13-27-21-11-9-17(10-12-21)14-18(16-24)22(26)25-20-8-6-7-19(23)15-20/h6-12,14-15H,2-5,13H2,1H3,(H,25,26)/b18-14-. The molecule has 2 aromatic rings. The molecule has 0 bridgehead atoms. The number of hydrogen-bond donors (Lipinski definition) is 1. The van der Waals surface area contributed by atoms with Gasteiger partial charge in [0.15, 0.2) is 0 Å². The van der Waals surface area contributed by atoms with Gasteiger partial charge < -0.3 is 10.1 Å². The van der Waals surface area contributed by atoms with Crippen LogP contribution in [0.15, 0.2) is 54.1 Å². The van der Waals surface area contributed by atoms with Gasteiger partial charge in [0.25, 0.3) is 5.91 Å². The maximum atomic E-state index is 12.3. The number of nitrogens with one attached hydrogen (secondary N) is 1. The molecule has 1 N–H and O–H groups in total. The zero-order chi connectivity index (χ0) is 19.5. The van der Waals surface area contributed by atoms with E-state index in [0.29, 0.717) is 17.3 Å². The van der Waals surface area contributed by atoms with Gasteiger partial charge in [-0.05, 0) is 48.4 Å². The number of hydrogen-bond acceptors (Lipinski definition) is 3. The number of rotatable bonds is 9. The first-order valence-electron chi connectivity index (χ1n) is 9.04. The number of anilines is 1. The average molecular weight is 383 g/mol. The van der Waals surface area contributed by atoms with Gasteiger partial charge >= 0.3 is 0 Å². The summed E-state index contributed by atoms with van der Waals surface area (Å²) in [6, 6.07) is 16.1. The summed E-state index contributed by atoms with van der Waals surface area (Å²) in [7, 11) is 0. The minimum absolute atomic E-state index is 0.0169. The van der Waals surface area contributed by atoms with Crippen molar-refractivity contribution in [1.82, 2.24) is 0 Å². The van der Waals surface area contributed by atoms with Crippen LogP contribution in [0.5, 0.6) is 5.75 Å². The van der Waals surface area contributed by atoms with Crippen molar-refractivity contribution in [3.05, 3.63) is 64.7 Å². The van der Waals surface area contributed by atoms with E-state index in [-0.39, 0.29) is 5.57 Å². The van der Waals surface area contributed by atoms with Gasteiger partial charge in [-0.3, -0.25) is 4.79 Å². The highest BCUT2D eigenvalue weighted by Gasteiger charge is 2.09. The molecule has 140 valence electrons. The maximum Gasteiger partial charge on any atom is 0.266 e. The van der Waals surface area contributed by atoms with Crippen LogP contribution in [0.2, 0.25) is 5.02 Å². The summed E-state index contributed by atoms with van der Waals surface area (Å²) in [5.74, 6) is 0.307. The lowest BCUT2D eigenvalue weighted by atomic mass is 10.1. The molecule has 2 rings (SSSR count). The molecule has 0 aromatic heterocycles. The Bertz CT molecular complexity index is 823. The van der Waals surface area contributed by atoms with E-state index in [1.807, 2.05) is 30.3 Å². The van der Waals surface area contributed by atoms with Crippen molar-refractivity contribution in [2.24, 2.45) is 0 Å². The van der Waals surface area contributed by atoms with Gasteiger partial charge in [-0.2, -0.15) is 5.26 Å². The van der Waals surface area contributed by atoms with Crippen molar-refractivity contribution >= 4 is 29.3 Å². The summed E-state index contributed by atoms with van der Waals surface area (Å²) < 4.78 is 5.70. The zero-order valence-electron chi connectivity index (χ0n) is 15.4. The number of halogens is 1. The SMILES string of the molecule is CCCCCCOc1ccc(/C=C(/C#N)C(=O)Nc2cccc(Cl)c2)cc1. The van der Waals surface area contributed by atoms with Crippen LogP contribution in [0.3, 0.4) is 0 Å². The third kappa shape index (κ3) is 7.16. The molecule has 0 radical (unpaired) electrons. The van der Waals surface area contributed by atoms with E-state index in [9.17, 15) is 10.1 Å². The van der Waals surface area contributed by atoms with Gasteiger partial charge in [-0.15, -0.1) is 0 Å². The van der Waals surface area contributed by atoms with Crippen molar-refractivity contribution in [3.8, 4) is 11.8 Å². The Balaban J connectivity index is 1.96. The summed E-state index contributed by atoms with van der Waals surface area (Å²) >= 11 is 5.90. The van der Waals surface area contributed by atoms with Gasteiger partial charge in [-0.1, -0.05) is 56.0 Å². The monoisotopic (exact) mass is 382 g/mol. The van der Waals surface area contributed by atoms with Crippen molar-refractivity contribution in [1.29, 1.82) is 5.26 Å². The molecule has 0 saturated heterocycles. The van der Waals surface area contributed by atoms with E-state index in [1.165, 1.54) is 19.3 Å². The van der Waals surface area contributed by atoms with E-state index in [4.69, 9.17) is 16.3 Å². The Morgan fingerprint density at radius 2 is 1.96 bits per heavy atom. The van der Waals surface area contributed by atoms with Crippen LogP contribution in [0.1, 0.15) is 38.2 Å². The first-order chi connectivity index (χ1) is 13.1. The van der Waals surface area contributed by atoms with Crippen LogP contribution < -0.4 is 10.1 Å². The fourth-order valence-corrected chi connectivity index (χ4v) is 2.65. The molecule has 2 aromatic carbocycles. The highest BCUT2D eigenvalue weighted by molar-refractivity contribution is 6.31. The van der Waals surface area contributed by atoms with Gasteiger partial charge in [0, 0.05) is 10.7 Å². The first kappa shape index (κ1) is 20.5. The minimum atomic E-state index is -0.476. The minimum Gasteiger partial charge on any atom is -0.494 e. The molecule has 5 heteroatoms. The summed E-state index contributed by atoms with van der Waals surface area (Å²) in [4.78, 5) is 12.3. The highest BCUT2D eigenvalue weighted by atomic mass is 35.5.